The van der Waals surface area contributed by atoms with Crippen LogP contribution in [0.5, 0.6) is 11.5 Å². The molecule has 1 fully saturated rings. The minimum atomic E-state index is -1.39. The highest BCUT2D eigenvalue weighted by Gasteiger charge is 2.70. The van der Waals surface area contributed by atoms with E-state index in [0.717, 1.165) is 11.1 Å². The number of anilines is 1. The SMILES string of the molecule is COc1cccc(C(=O)[C@@H]2[C@H](C(=O)c3ccc(OC(C)C)cc3)N3C=Cc4ccccc4[C@H]3[C@@]23C(=O)Nc2ccccc23)c1. The molecular weight excluding hydrogens is 552 g/mol. The monoisotopic (exact) mass is 584 g/mol. The largest absolute Gasteiger partial charge is 0.497 e. The maximum atomic E-state index is 15.0. The number of rotatable bonds is 7. The van der Waals surface area contributed by atoms with E-state index in [4.69, 9.17) is 9.47 Å². The Kier molecular flexibility index (Phi) is 6.61. The minimum absolute atomic E-state index is 0.0173. The molecule has 7 nitrogen and oxygen atoms in total. The van der Waals surface area contributed by atoms with Crippen LogP contribution in [0.1, 0.15) is 57.3 Å². The number of benzene rings is 4. The number of carbonyl (C=O) groups is 3. The second-order valence-corrected chi connectivity index (χ2v) is 11.7. The molecule has 4 atom stereocenters. The van der Waals surface area contributed by atoms with Gasteiger partial charge < -0.3 is 19.7 Å². The normalized spacial score (nSPS) is 22.8. The predicted molar refractivity (Wildman–Crippen MR) is 168 cm³/mol. The number of para-hydroxylation sites is 1. The third-order valence-corrected chi connectivity index (χ3v) is 8.99. The number of ether oxygens (including phenoxy) is 2. The van der Waals surface area contributed by atoms with E-state index in [1.54, 1.807) is 55.6 Å². The molecule has 44 heavy (non-hydrogen) atoms. The Labute approximate surface area is 256 Å². The number of hydrogen-bond acceptors (Lipinski definition) is 6. The average molecular weight is 585 g/mol. The van der Waals surface area contributed by atoms with Crippen molar-refractivity contribution < 1.29 is 23.9 Å². The van der Waals surface area contributed by atoms with Gasteiger partial charge in [-0.3, -0.25) is 14.4 Å². The second kappa shape index (κ2) is 10.5. The molecule has 220 valence electrons. The molecule has 0 unspecified atom stereocenters. The molecule has 1 amide bonds. The zero-order chi connectivity index (χ0) is 30.6. The molecule has 7 heteroatoms. The number of hydrogen-bond donors (Lipinski definition) is 1. The number of nitrogens with one attached hydrogen (secondary N) is 1. The lowest BCUT2D eigenvalue weighted by Gasteiger charge is -2.38. The van der Waals surface area contributed by atoms with Crippen LogP contribution in [-0.4, -0.2) is 41.6 Å². The first-order valence-electron chi connectivity index (χ1n) is 14.8. The molecule has 4 aromatic carbocycles. The maximum Gasteiger partial charge on any atom is 0.238 e. The lowest BCUT2D eigenvalue weighted by atomic mass is 9.62. The lowest BCUT2D eigenvalue weighted by Crippen LogP contribution is -2.49. The van der Waals surface area contributed by atoms with Crippen molar-refractivity contribution in [2.75, 3.05) is 12.4 Å². The highest BCUT2D eigenvalue weighted by molar-refractivity contribution is 6.16. The van der Waals surface area contributed by atoms with Gasteiger partial charge in [-0.15, -0.1) is 0 Å². The van der Waals surface area contributed by atoms with Gasteiger partial charge in [-0.2, -0.15) is 0 Å². The summed E-state index contributed by atoms with van der Waals surface area (Å²) in [5, 5.41) is 3.08. The van der Waals surface area contributed by atoms with Crippen LogP contribution in [0.3, 0.4) is 0 Å². The molecule has 4 aromatic rings. The smallest absolute Gasteiger partial charge is 0.238 e. The van der Waals surface area contributed by atoms with Gasteiger partial charge in [0.1, 0.15) is 23.0 Å². The second-order valence-electron chi connectivity index (χ2n) is 11.7. The molecule has 0 aromatic heterocycles. The Morgan fingerprint density at radius 2 is 1.59 bits per heavy atom. The quantitative estimate of drug-likeness (QED) is 0.251. The molecule has 3 heterocycles. The van der Waals surface area contributed by atoms with Crippen LogP contribution in [0.4, 0.5) is 5.69 Å². The molecule has 1 spiro atoms. The lowest BCUT2D eigenvalue weighted by molar-refractivity contribution is -0.122. The van der Waals surface area contributed by atoms with Gasteiger partial charge in [-0.05, 0) is 79.1 Å². The first kappa shape index (κ1) is 27.7. The van der Waals surface area contributed by atoms with Crippen LogP contribution in [-0.2, 0) is 10.2 Å². The topological polar surface area (TPSA) is 84.9 Å². The van der Waals surface area contributed by atoms with Crippen LogP contribution < -0.4 is 14.8 Å². The van der Waals surface area contributed by atoms with Crippen molar-refractivity contribution in [1.29, 1.82) is 0 Å². The molecule has 3 aliphatic rings. The Balaban J connectivity index is 1.48. The Morgan fingerprint density at radius 1 is 0.841 bits per heavy atom. The fourth-order valence-corrected chi connectivity index (χ4v) is 7.26. The number of ketones is 2. The van der Waals surface area contributed by atoms with Gasteiger partial charge in [0, 0.05) is 23.0 Å². The summed E-state index contributed by atoms with van der Waals surface area (Å²) in [4.78, 5) is 46.2. The number of Topliss-reactive ketones (excluding diaryl/α,β-unsaturated/α-hetero) is 2. The third kappa shape index (κ3) is 4.07. The average Bonchev–Trinajstić information content (AvgIpc) is 3.52. The van der Waals surface area contributed by atoms with Gasteiger partial charge in [0.15, 0.2) is 11.6 Å². The zero-order valence-corrected chi connectivity index (χ0v) is 24.7. The summed E-state index contributed by atoms with van der Waals surface area (Å²) in [6.45, 7) is 3.88. The number of carbonyl (C=O) groups excluding carboxylic acids is 3. The first-order valence-corrected chi connectivity index (χ1v) is 14.8. The van der Waals surface area contributed by atoms with Gasteiger partial charge in [-0.1, -0.05) is 54.6 Å². The third-order valence-electron chi connectivity index (χ3n) is 8.99. The molecule has 0 saturated carbocycles. The van der Waals surface area contributed by atoms with Crippen LogP contribution in [0.2, 0.25) is 0 Å². The van der Waals surface area contributed by atoms with Crippen LogP contribution in [0.25, 0.3) is 6.08 Å². The summed E-state index contributed by atoms with van der Waals surface area (Å²) in [5.41, 5.74) is 2.62. The molecule has 1 N–H and O–H groups in total. The van der Waals surface area contributed by atoms with Crippen molar-refractivity contribution in [2.24, 2.45) is 5.92 Å². The Bertz CT molecular complexity index is 1830. The zero-order valence-electron chi connectivity index (χ0n) is 24.7. The van der Waals surface area contributed by atoms with Crippen LogP contribution in [0.15, 0.2) is 103 Å². The summed E-state index contributed by atoms with van der Waals surface area (Å²) in [6, 6.07) is 27.7. The van der Waals surface area contributed by atoms with Crippen molar-refractivity contribution in [3.63, 3.8) is 0 Å². The van der Waals surface area contributed by atoms with E-state index in [1.165, 1.54) is 0 Å². The van der Waals surface area contributed by atoms with Crippen molar-refractivity contribution in [3.8, 4) is 11.5 Å². The molecule has 0 radical (unpaired) electrons. The van der Waals surface area contributed by atoms with E-state index in [0.29, 0.717) is 33.9 Å². The van der Waals surface area contributed by atoms with Crippen molar-refractivity contribution in [3.05, 3.63) is 131 Å². The van der Waals surface area contributed by atoms with Gasteiger partial charge in [-0.25, -0.2) is 0 Å². The van der Waals surface area contributed by atoms with E-state index in [-0.39, 0.29) is 23.6 Å². The Morgan fingerprint density at radius 3 is 2.36 bits per heavy atom. The highest BCUT2D eigenvalue weighted by Crippen LogP contribution is 2.62. The van der Waals surface area contributed by atoms with Crippen molar-refractivity contribution in [1.82, 2.24) is 4.90 Å². The van der Waals surface area contributed by atoms with Crippen LogP contribution >= 0.6 is 0 Å². The molecule has 1 saturated heterocycles. The first-order chi connectivity index (χ1) is 21.3. The molecule has 3 aliphatic heterocycles. The van der Waals surface area contributed by atoms with E-state index >= 15 is 0 Å². The molecule has 0 bridgehead atoms. The standard InChI is InChI=1S/C37H32N2O5/c1-22(2)44-26-17-15-24(16-18-26)34(41)32-31(33(40)25-10-8-11-27(21-25)43-3)37(29-13-6-7-14-30(29)38-36(37)42)35-28-12-5-4-9-23(28)19-20-39(32)35/h4-22,31-32,35H,1-3H3,(H,38,42)/t31-,32+,35-,37-/m0/s1. The molecule has 7 rings (SSSR count). The van der Waals surface area contributed by atoms with E-state index in [2.05, 4.69) is 5.32 Å². The maximum absolute atomic E-state index is 15.0. The summed E-state index contributed by atoms with van der Waals surface area (Å²) in [7, 11) is 1.54. The summed E-state index contributed by atoms with van der Waals surface area (Å²) < 4.78 is 11.3. The fourth-order valence-electron chi connectivity index (χ4n) is 7.26. The van der Waals surface area contributed by atoms with Gasteiger partial charge in [0.25, 0.3) is 0 Å². The van der Waals surface area contributed by atoms with E-state index in [1.807, 2.05) is 79.6 Å². The number of fused-ring (bicyclic) bond motifs is 6. The highest BCUT2D eigenvalue weighted by atomic mass is 16.5. The van der Waals surface area contributed by atoms with Crippen molar-refractivity contribution >= 4 is 29.2 Å². The molecule has 0 aliphatic carbocycles. The van der Waals surface area contributed by atoms with Gasteiger partial charge in [0.2, 0.25) is 5.91 Å². The van der Waals surface area contributed by atoms with E-state index < -0.39 is 23.4 Å². The molecular formula is C37H32N2O5. The fraction of sp³-hybridized carbons (Fsp3) is 0.216. The van der Waals surface area contributed by atoms with Crippen molar-refractivity contribution in [2.45, 2.75) is 37.5 Å². The summed E-state index contributed by atoms with van der Waals surface area (Å²) >= 11 is 0. The van der Waals surface area contributed by atoms with Gasteiger partial charge in [0.05, 0.1) is 25.2 Å². The Hall–Kier alpha value is -5.17. The summed E-state index contributed by atoms with van der Waals surface area (Å²) in [5.74, 6) is -0.725. The minimum Gasteiger partial charge on any atom is -0.497 e. The van der Waals surface area contributed by atoms with Crippen LogP contribution in [0, 0.1) is 5.92 Å². The number of nitrogens with zero attached hydrogens (tertiary/aromatic N) is 1. The van der Waals surface area contributed by atoms with E-state index in [9.17, 15) is 14.4 Å². The number of methoxy groups -OCH3 is 1. The predicted octanol–water partition coefficient (Wildman–Crippen LogP) is 6.46. The number of amides is 1. The summed E-state index contributed by atoms with van der Waals surface area (Å²) in [6.07, 6.45) is 3.81. The van der Waals surface area contributed by atoms with Gasteiger partial charge >= 0.3 is 0 Å².